The summed E-state index contributed by atoms with van der Waals surface area (Å²) in [7, 11) is 0. The zero-order valence-corrected chi connectivity index (χ0v) is 9.42. The molecule has 0 saturated heterocycles. The first-order valence-electron chi connectivity index (χ1n) is 5.49. The predicted molar refractivity (Wildman–Crippen MR) is 64.7 cm³/mol. The van der Waals surface area contributed by atoms with Crippen LogP contribution in [-0.2, 0) is 6.54 Å². The summed E-state index contributed by atoms with van der Waals surface area (Å²) in [5.74, 6) is -0.694. The molecule has 0 unspecified atom stereocenters. The Bertz CT molecular complexity index is 694. The summed E-state index contributed by atoms with van der Waals surface area (Å²) in [6.45, 7) is 0.486. The van der Waals surface area contributed by atoms with Crippen LogP contribution in [0.3, 0.4) is 0 Å². The molecule has 0 aliphatic carbocycles. The van der Waals surface area contributed by atoms with Crippen molar-refractivity contribution in [3.05, 3.63) is 53.8 Å². The van der Waals surface area contributed by atoms with Gasteiger partial charge in [0.15, 0.2) is 5.52 Å². The quantitative estimate of drug-likeness (QED) is 0.751. The number of nitrogens with zero attached hydrogens (tertiary/aromatic N) is 3. The number of benzene rings is 2. The molecule has 90 valence electrons. The van der Waals surface area contributed by atoms with E-state index in [0.717, 1.165) is 11.6 Å². The molecule has 0 aliphatic heterocycles. The van der Waals surface area contributed by atoms with Crippen molar-refractivity contribution in [3.8, 4) is 5.75 Å². The second-order valence-corrected chi connectivity index (χ2v) is 4.03. The molecule has 0 radical (unpaired) electrons. The molecule has 18 heavy (non-hydrogen) atoms. The molecule has 0 amide bonds. The maximum atomic E-state index is 13.3. The zero-order chi connectivity index (χ0) is 12.5. The molecule has 0 saturated carbocycles. The van der Waals surface area contributed by atoms with E-state index >= 15 is 0 Å². The van der Waals surface area contributed by atoms with Gasteiger partial charge in [-0.15, -0.1) is 5.10 Å². The highest BCUT2D eigenvalue weighted by atomic mass is 19.1. The van der Waals surface area contributed by atoms with E-state index < -0.39 is 5.82 Å². The van der Waals surface area contributed by atoms with Crippen LogP contribution in [0.5, 0.6) is 5.75 Å². The van der Waals surface area contributed by atoms with Gasteiger partial charge in [0.05, 0.1) is 12.1 Å². The third-order valence-electron chi connectivity index (χ3n) is 2.74. The fourth-order valence-corrected chi connectivity index (χ4v) is 1.89. The van der Waals surface area contributed by atoms with Crippen LogP contribution < -0.4 is 0 Å². The van der Waals surface area contributed by atoms with Gasteiger partial charge in [0.1, 0.15) is 11.6 Å². The lowest BCUT2D eigenvalue weighted by Gasteiger charge is -2.02. The smallest absolute Gasteiger partial charge is 0.155 e. The maximum absolute atomic E-state index is 13.3. The van der Waals surface area contributed by atoms with Gasteiger partial charge in [-0.05, 0) is 5.56 Å². The summed E-state index contributed by atoms with van der Waals surface area (Å²) in [4.78, 5) is 0. The lowest BCUT2D eigenvalue weighted by atomic mass is 10.2. The summed E-state index contributed by atoms with van der Waals surface area (Å²) in [6, 6.07) is 12.0. The van der Waals surface area contributed by atoms with Crippen LogP contribution in [0.25, 0.3) is 11.0 Å². The number of phenols is 1. The summed E-state index contributed by atoms with van der Waals surface area (Å²) in [6.07, 6.45) is 0. The van der Waals surface area contributed by atoms with E-state index in [9.17, 15) is 9.50 Å². The van der Waals surface area contributed by atoms with E-state index in [1.165, 1.54) is 6.07 Å². The molecule has 0 bridgehead atoms. The molecule has 1 aromatic heterocycles. The molecule has 0 atom stereocenters. The molecule has 0 aliphatic rings. The topological polar surface area (TPSA) is 50.9 Å². The number of fused-ring (bicyclic) bond motifs is 1. The second kappa shape index (κ2) is 4.10. The first-order valence-corrected chi connectivity index (χ1v) is 5.49. The molecule has 0 spiro atoms. The van der Waals surface area contributed by atoms with Crippen molar-refractivity contribution in [1.29, 1.82) is 0 Å². The number of halogens is 1. The lowest BCUT2D eigenvalue weighted by molar-refractivity contribution is 0.474. The highest BCUT2D eigenvalue weighted by Crippen LogP contribution is 2.23. The van der Waals surface area contributed by atoms with E-state index in [1.807, 2.05) is 30.3 Å². The Morgan fingerprint density at radius 1 is 1.17 bits per heavy atom. The van der Waals surface area contributed by atoms with Gasteiger partial charge in [0, 0.05) is 12.1 Å². The van der Waals surface area contributed by atoms with Crippen LogP contribution in [0.4, 0.5) is 4.39 Å². The first kappa shape index (κ1) is 10.7. The fourth-order valence-electron chi connectivity index (χ4n) is 1.89. The third kappa shape index (κ3) is 1.79. The molecule has 5 heteroatoms. The molecule has 1 N–H and O–H groups in total. The average Bonchev–Trinajstić information content (AvgIpc) is 2.74. The lowest BCUT2D eigenvalue weighted by Crippen LogP contribution is -2.01. The molecule has 3 rings (SSSR count). The van der Waals surface area contributed by atoms with Crippen molar-refractivity contribution in [2.75, 3.05) is 0 Å². The van der Waals surface area contributed by atoms with Crippen LogP contribution in [-0.4, -0.2) is 20.1 Å². The van der Waals surface area contributed by atoms with E-state index in [-0.39, 0.29) is 5.75 Å². The minimum absolute atomic E-state index is 0.190. The Hall–Kier alpha value is -2.43. The Kier molecular flexibility index (Phi) is 2.44. The Labute approximate surface area is 102 Å². The molecule has 2 aromatic carbocycles. The summed E-state index contributed by atoms with van der Waals surface area (Å²) >= 11 is 0. The predicted octanol–water partition coefficient (Wildman–Crippen LogP) is 2.32. The minimum Gasteiger partial charge on any atom is -0.505 e. The normalized spacial score (nSPS) is 10.9. The van der Waals surface area contributed by atoms with Gasteiger partial charge in [-0.2, -0.15) is 0 Å². The molecular formula is C13H10FN3O. The van der Waals surface area contributed by atoms with Crippen LogP contribution in [0, 0.1) is 5.82 Å². The van der Waals surface area contributed by atoms with Gasteiger partial charge in [-0.25, -0.2) is 9.07 Å². The fraction of sp³-hybridized carbons (Fsp3) is 0.0769. The molecule has 3 aromatic rings. The molecule has 1 heterocycles. The number of aromatic hydroxyl groups is 1. The van der Waals surface area contributed by atoms with Crippen LogP contribution in [0.2, 0.25) is 0 Å². The third-order valence-corrected chi connectivity index (χ3v) is 2.74. The number of hydrogen-bond acceptors (Lipinski definition) is 3. The Balaban J connectivity index is 2.08. The van der Waals surface area contributed by atoms with Gasteiger partial charge in [0.2, 0.25) is 0 Å². The summed E-state index contributed by atoms with van der Waals surface area (Å²) < 4.78 is 14.8. The number of rotatable bonds is 2. The van der Waals surface area contributed by atoms with Crippen LogP contribution in [0.15, 0.2) is 42.5 Å². The van der Waals surface area contributed by atoms with Crippen molar-refractivity contribution in [1.82, 2.24) is 15.0 Å². The van der Waals surface area contributed by atoms with Crippen molar-refractivity contribution in [2.45, 2.75) is 6.54 Å². The van der Waals surface area contributed by atoms with Crippen molar-refractivity contribution in [3.63, 3.8) is 0 Å². The van der Waals surface area contributed by atoms with Crippen molar-refractivity contribution < 1.29 is 9.50 Å². The first-order chi connectivity index (χ1) is 8.74. The minimum atomic E-state index is -0.503. The van der Waals surface area contributed by atoms with Gasteiger partial charge >= 0.3 is 0 Å². The largest absolute Gasteiger partial charge is 0.505 e. The maximum Gasteiger partial charge on any atom is 0.155 e. The van der Waals surface area contributed by atoms with Crippen molar-refractivity contribution in [2.24, 2.45) is 0 Å². The monoisotopic (exact) mass is 243 g/mol. The SMILES string of the molecule is Oc1cc(F)cc2c1nnn2Cc1ccccc1. The summed E-state index contributed by atoms with van der Waals surface area (Å²) in [5, 5.41) is 17.4. The number of hydrogen-bond donors (Lipinski definition) is 1. The highest BCUT2D eigenvalue weighted by Gasteiger charge is 2.10. The summed E-state index contributed by atoms with van der Waals surface area (Å²) in [5.41, 5.74) is 1.83. The van der Waals surface area contributed by atoms with E-state index in [4.69, 9.17) is 0 Å². The number of phenolic OH excluding ortho intramolecular Hbond substituents is 1. The standard InChI is InChI=1S/C13H10FN3O/c14-10-6-11-13(12(18)7-10)15-16-17(11)8-9-4-2-1-3-5-9/h1-7,18H,8H2. The van der Waals surface area contributed by atoms with Gasteiger partial charge in [-0.3, -0.25) is 0 Å². The average molecular weight is 243 g/mol. The molecular weight excluding hydrogens is 233 g/mol. The van der Waals surface area contributed by atoms with Crippen molar-refractivity contribution >= 4 is 11.0 Å². The van der Waals surface area contributed by atoms with Crippen LogP contribution >= 0.6 is 0 Å². The molecule has 0 fully saturated rings. The van der Waals surface area contributed by atoms with Gasteiger partial charge in [0.25, 0.3) is 0 Å². The zero-order valence-electron chi connectivity index (χ0n) is 9.42. The van der Waals surface area contributed by atoms with E-state index in [1.54, 1.807) is 4.68 Å². The van der Waals surface area contributed by atoms with Gasteiger partial charge in [-0.1, -0.05) is 35.5 Å². The molecule has 4 nitrogen and oxygen atoms in total. The van der Waals surface area contributed by atoms with Crippen LogP contribution in [0.1, 0.15) is 5.56 Å². The van der Waals surface area contributed by atoms with Gasteiger partial charge < -0.3 is 5.11 Å². The van der Waals surface area contributed by atoms with E-state index in [0.29, 0.717) is 17.6 Å². The Morgan fingerprint density at radius 2 is 1.94 bits per heavy atom. The number of aromatic nitrogens is 3. The van der Waals surface area contributed by atoms with E-state index in [2.05, 4.69) is 10.3 Å². The highest BCUT2D eigenvalue weighted by molar-refractivity contribution is 5.80. The Morgan fingerprint density at radius 3 is 2.72 bits per heavy atom. The second-order valence-electron chi connectivity index (χ2n) is 4.03.